The number of benzene rings is 2. The summed E-state index contributed by atoms with van der Waals surface area (Å²) in [5, 5.41) is 21.2. The van der Waals surface area contributed by atoms with Crippen LogP contribution in [0.2, 0.25) is 0 Å². The van der Waals surface area contributed by atoms with E-state index in [9.17, 15) is 9.50 Å². The summed E-state index contributed by atoms with van der Waals surface area (Å²) in [6.07, 6.45) is 1.51. The molecule has 2 aromatic carbocycles. The summed E-state index contributed by atoms with van der Waals surface area (Å²) >= 11 is 9.41. The third-order valence-corrected chi connectivity index (χ3v) is 4.83. The molecule has 2 N–H and O–H groups in total. The highest BCUT2D eigenvalue weighted by Crippen LogP contribution is 2.26. The largest absolute Gasteiger partial charge is 0.506 e. The van der Waals surface area contributed by atoms with Crippen molar-refractivity contribution in [3.63, 3.8) is 0 Å². The second kappa shape index (κ2) is 7.27. The molecule has 1 heterocycles. The fourth-order valence-electron chi connectivity index (χ4n) is 1.99. The van der Waals surface area contributed by atoms with Crippen molar-refractivity contribution >= 4 is 63.6 Å². The Balaban J connectivity index is 2.04. The number of phenols is 1. The molecule has 0 aliphatic carbocycles. The number of rotatable bonds is 3. The third kappa shape index (κ3) is 3.67. The van der Waals surface area contributed by atoms with E-state index in [1.807, 2.05) is 12.1 Å². The van der Waals surface area contributed by atoms with Crippen LogP contribution in [0, 0.1) is 17.7 Å². The van der Waals surface area contributed by atoms with Crippen molar-refractivity contribution in [3.05, 3.63) is 59.7 Å². The van der Waals surface area contributed by atoms with Crippen LogP contribution in [0.1, 0.15) is 5.56 Å². The van der Waals surface area contributed by atoms with Crippen molar-refractivity contribution < 1.29 is 9.50 Å². The van der Waals surface area contributed by atoms with Crippen LogP contribution < -0.4 is 0 Å². The van der Waals surface area contributed by atoms with E-state index < -0.39 is 0 Å². The Bertz CT molecular complexity index is 982. The lowest BCUT2D eigenvalue weighted by Gasteiger charge is -2.04. The van der Waals surface area contributed by atoms with Gasteiger partial charge in [0.2, 0.25) is 4.77 Å². The molecule has 9 heteroatoms. The molecule has 122 valence electrons. The van der Waals surface area contributed by atoms with E-state index in [0.29, 0.717) is 21.7 Å². The number of aromatic amines is 1. The van der Waals surface area contributed by atoms with E-state index in [4.69, 9.17) is 12.2 Å². The van der Waals surface area contributed by atoms with Crippen LogP contribution in [0.4, 0.5) is 4.39 Å². The van der Waals surface area contributed by atoms with Crippen molar-refractivity contribution in [2.75, 3.05) is 0 Å². The summed E-state index contributed by atoms with van der Waals surface area (Å²) in [6, 6.07) is 9.55. The van der Waals surface area contributed by atoms with Gasteiger partial charge in [-0.1, -0.05) is 0 Å². The van der Waals surface area contributed by atoms with Crippen molar-refractivity contribution in [2.45, 2.75) is 0 Å². The van der Waals surface area contributed by atoms with Gasteiger partial charge in [0, 0.05) is 14.7 Å². The van der Waals surface area contributed by atoms with Crippen LogP contribution in [0.25, 0.3) is 11.4 Å². The first-order valence-corrected chi connectivity index (χ1v) is 9.18. The molecule has 0 saturated heterocycles. The number of nitrogens with zero attached hydrogens (tertiary/aromatic N) is 3. The Morgan fingerprint density at radius 2 is 1.96 bits per heavy atom. The Labute approximate surface area is 168 Å². The molecule has 0 atom stereocenters. The molecule has 0 bridgehead atoms. The summed E-state index contributed by atoms with van der Waals surface area (Å²) < 4.78 is 16.5. The average molecular weight is 566 g/mol. The molecule has 3 aromatic rings. The first kappa shape index (κ1) is 17.5. The molecule has 5 nitrogen and oxygen atoms in total. The fourth-order valence-corrected chi connectivity index (χ4v) is 4.06. The van der Waals surface area contributed by atoms with Gasteiger partial charge in [0.25, 0.3) is 0 Å². The lowest BCUT2D eigenvalue weighted by molar-refractivity contribution is 0.470. The highest BCUT2D eigenvalue weighted by atomic mass is 127. The summed E-state index contributed by atoms with van der Waals surface area (Å²) in [7, 11) is 0. The predicted octanol–water partition coefficient (Wildman–Crippen LogP) is 4.54. The summed E-state index contributed by atoms with van der Waals surface area (Å²) in [5.41, 5.74) is 1.24. The Hall–Kier alpha value is -1.34. The van der Waals surface area contributed by atoms with Crippen LogP contribution in [-0.4, -0.2) is 26.2 Å². The molecule has 0 aliphatic rings. The molecule has 0 saturated carbocycles. The number of H-pyrrole nitrogens is 1. The minimum Gasteiger partial charge on any atom is -0.506 e. The van der Waals surface area contributed by atoms with Gasteiger partial charge in [0.15, 0.2) is 5.82 Å². The van der Waals surface area contributed by atoms with Crippen molar-refractivity contribution in [3.8, 4) is 17.1 Å². The second-order valence-electron chi connectivity index (χ2n) is 4.74. The van der Waals surface area contributed by atoms with E-state index in [2.05, 4.69) is 60.5 Å². The maximum absolute atomic E-state index is 13.1. The summed E-state index contributed by atoms with van der Waals surface area (Å²) in [6.45, 7) is 0. The number of aromatic hydroxyl groups is 1. The topological polar surface area (TPSA) is 66.2 Å². The standard InChI is InChI=1S/C15H9FI2N4OS/c16-10-3-1-8(2-4-10)14-20-21-15(24)22(14)19-7-9-5-11(17)6-12(18)13(9)23/h1-7,23H,(H,21,24)/b19-7-. The lowest BCUT2D eigenvalue weighted by Crippen LogP contribution is -1.96. The zero-order chi connectivity index (χ0) is 17.3. The van der Waals surface area contributed by atoms with Gasteiger partial charge in [0.1, 0.15) is 11.6 Å². The van der Waals surface area contributed by atoms with Gasteiger partial charge in [-0.2, -0.15) is 14.9 Å². The van der Waals surface area contributed by atoms with Gasteiger partial charge in [0.05, 0.1) is 9.78 Å². The van der Waals surface area contributed by atoms with E-state index in [0.717, 1.165) is 7.14 Å². The van der Waals surface area contributed by atoms with Gasteiger partial charge >= 0.3 is 0 Å². The van der Waals surface area contributed by atoms with E-state index >= 15 is 0 Å². The number of hydrogen-bond donors (Lipinski definition) is 2. The Morgan fingerprint density at radius 1 is 1.25 bits per heavy atom. The van der Waals surface area contributed by atoms with Gasteiger partial charge in [-0.15, -0.1) is 0 Å². The van der Waals surface area contributed by atoms with E-state index in [1.165, 1.54) is 23.0 Å². The maximum atomic E-state index is 13.1. The number of halogens is 3. The molecular weight excluding hydrogens is 557 g/mol. The van der Waals surface area contributed by atoms with E-state index in [-0.39, 0.29) is 11.6 Å². The number of hydrogen-bond acceptors (Lipinski definition) is 4. The van der Waals surface area contributed by atoms with Crippen molar-refractivity contribution in [2.24, 2.45) is 5.10 Å². The number of aromatic nitrogens is 3. The summed E-state index contributed by atoms with van der Waals surface area (Å²) in [5.74, 6) is 0.274. The van der Waals surface area contributed by atoms with Gasteiger partial charge in [-0.3, -0.25) is 0 Å². The second-order valence-corrected chi connectivity index (χ2v) is 7.54. The molecule has 1 aromatic heterocycles. The van der Waals surface area contributed by atoms with Crippen molar-refractivity contribution in [1.82, 2.24) is 14.9 Å². The molecule has 0 spiro atoms. The first-order valence-electron chi connectivity index (χ1n) is 6.61. The van der Waals surface area contributed by atoms with Crippen LogP contribution in [0.5, 0.6) is 5.75 Å². The van der Waals surface area contributed by atoms with E-state index in [1.54, 1.807) is 12.1 Å². The smallest absolute Gasteiger partial charge is 0.216 e. The monoisotopic (exact) mass is 566 g/mol. The zero-order valence-electron chi connectivity index (χ0n) is 11.9. The van der Waals surface area contributed by atoms with Crippen LogP contribution in [-0.2, 0) is 0 Å². The van der Waals surface area contributed by atoms with Crippen LogP contribution in [0.3, 0.4) is 0 Å². The van der Waals surface area contributed by atoms with Gasteiger partial charge < -0.3 is 5.11 Å². The number of phenolic OH excluding ortho intramolecular Hbond substituents is 1. The third-order valence-electron chi connectivity index (χ3n) is 3.12. The minimum absolute atomic E-state index is 0.151. The Kier molecular flexibility index (Phi) is 5.30. The molecule has 3 rings (SSSR count). The first-order chi connectivity index (χ1) is 11.5. The molecule has 0 radical (unpaired) electrons. The van der Waals surface area contributed by atoms with Crippen molar-refractivity contribution in [1.29, 1.82) is 0 Å². The normalized spacial score (nSPS) is 11.3. The minimum atomic E-state index is -0.332. The maximum Gasteiger partial charge on any atom is 0.216 e. The zero-order valence-corrected chi connectivity index (χ0v) is 17.0. The van der Waals surface area contributed by atoms with Crippen LogP contribution >= 0.6 is 57.4 Å². The predicted molar refractivity (Wildman–Crippen MR) is 109 cm³/mol. The van der Waals surface area contributed by atoms with Gasteiger partial charge in [-0.05, 0) is 93.8 Å². The lowest BCUT2D eigenvalue weighted by atomic mass is 10.2. The highest BCUT2D eigenvalue weighted by Gasteiger charge is 2.09. The van der Waals surface area contributed by atoms with Gasteiger partial charge in [-0.25, -0.2) is 9.49 Å². The SMILES string of the molecule is Oc1c(I)cc(I)cc1/C=N\n1c(-c2ccc(F)cc2)n[nH]c1=S. The van der Waals surface area contributed by atoms with Crippen LogP contribution in [0.15, 0.2) is 41.5 Å². The molecule has 24 heavy (non-hydrogen) atoms. The Morgan fingerprint density at radius 3 is 2.67 bits per heavy atom. The quantitative estimate of drug-likeness (QED) is 0.278. The average Bonchev–Trinajstić information content (AvgIpc) is 2.91. The molecule has 0 amide bonds. The molecular formula is C15H9FI2N4OS. The molecule has 0 aliphatic heterocycles. The fraction of sp³-hybridized carbons (Fsp3) is 0. The highest BCUT2D eigenvalue weighted by molar-refractivity contribution is 14.1. The number of nitrogens with one attached hydrogen (secondary N) is 1. The molecule has 0 unspecified atom stereocenters. The molecule has 0 fully saturated rings. The summed E-state index contributed by atoms with van der Waals surface area (Å²) in [4.78, 5) is 0.